The molecular weight excluding hydrogens is 289 g/mol. The number of carbonyl (C=O) groups is 1. The molecule has 4 heteroatoms. The van der Waals surface area contributed by atoms with Crippen LogP contribution in [-0.4, -0.2) is 10.8 Å². The van der Waals surface area contributed by atoms with E-state index in [4.69, 9.17) is 11.6 Å². The molecule has 1 aromatic heterocycles. The van der Waals surface area contributed by atoms with Gasteiger partial charge in [-0.25, -0.2) is 4.39 Å². The highest BCUT2D eigenvalue weighted by Crippen LogP contribution is 2.20. The van der Waals surface area contributed by atoms with Crippen molar-refractivity contribution in [3.63, 3.8) is 0 Å². The predicted octanol–water partition coefficient (Wildman–Crippen LogP) is 4.45. The molecule has 2 aromatic carbocycles. The number of carbonyl (C=O) groups excluding carboxylic acids is 1. The average molecular weight is 300 g/mol. The number of halogens is 2. The van der Waals surface area contributed by atoms with Crippen molar-refractivity contribution in [1.82, 2.24) is 4.98 Å². The predicted molar refractivity (Wildman–Crippen MR) is 81.2 cm³/mol. The molecule has 104 valence electrons. The Morgan fingerprint density at radius 1 is 1.14 bits per heavy atom. The Morgan fingerprint density at radius 2 is 1.95 bits per heavy atom. The fourth-order valence-electron chi connectivity index (χ4n) is 2.28. The lowest BCUT2D eigenvalue weighted by Crippen LogP contribution is -2.06. The van der Waals surface area contributed by atoms with Gasteiger partial charge in [-0.3, -0.25) is 9.78 Å². The van der Waals surface area contributed by atoms with Gasteiger partial charge in [0.2, 0.25) is 0 Å². The lowest BCUT2D eigenvalue weighted by Gasteiger charge is -2.06. The Bertz CT molecular complexity index is 827. The van der Waals surface area contributed by atoms with Crippen LogP contribution in [0, 0.1) is 5.82 Å². The summed E-state index contributed by atoms with van der Waals surface area (Å²) < 4.78 is 13.7. The first kappa shape index (κ1) is 13.7. The summed E-state index contributed by atoms with van der Waals surface area (Å²) in [6.07, 6.45) is 1.60. The van der Waals surface area contributed by atoms with E-state index >= 15 is 0 Å². The largest absolute Gasteiger partial charge is 0.294 e. The van der Waals surface area contributed by atoms with Gasteiger partial charge in [0.25, 0.3) is 0 Å². The number of hydrogen-bond acceptors (Lipinski definition) is 2. The van der Waals surface area contributed by atoms with Crippen LogP contribution in [0.3, 0.4) is 0 Å². The first-order valence-corrected chi connectivity index (χ1v) is 6.84. The van der Waals surface area contributed by atoms with Crippen LogP contribution in [0.4, 0.5) is 4.39 Å². The second-order valence-electron chi connectivity index (χ2n) is 4.72. The molecular formula is C17H11ClFNO. The van der Waals surface area contributed by atoms with Gasteiger partial charge in [-0.15, -0.1) is 0 Å². The first-order chi connectivity index (χ1) is 10.1. The Hall–Kier alpha value is -2.26. The zero-order valence-corrected chi connectivity index (χ0v) is 11.8. The summed E-state index contributed by atoms with van der Waals surface area (Å²) >= 11 is 5.85. The molecule has 0 atom stereocenters. The lowest BCUT2D eigenvalue weighted by atomic mass is 10.00. The number of hydrogen-bond donors (Lipinski definition) is 0. The summed E-state index contributed by atoms with van der Waals surface area (Å²) in [4.78, 5) is 16.7. The fraction of sp³-hybridized carbons (Fsp3) is 0.0588. The minimum Gasteiger partial charge on any atom is -0.294 e. The van der Waals surface area contributed by atoms with Crippen LogP contribution >= 0.6 is 11.6 Å². The van der Waals surface area contributed by atoms with E-state index in [0.29, 0.717) is 21.7 Å². The summed E-state index contributed by atoms with van der Waals surface area (Å²) in [6, 6.07) is 13.3. The standard InChI is InChI=1S/C17H11ClFNO/c18-13-6-7-15(19)12(9-13)10-16(21)14-5-1-3-11-4-2-8-20-17(11)14/h1-9H,10H2. The molecule has 0 saturated carbocycles. The van der Waals surface area contributed by atoms with Crippen LogP contribution in [0.15, 0.2) is 54.7 Å². The minimum absolute atomic E-state index is 0.0396. The summed E-state index contributed by atoms with van der Waals surface area (Å²) in [5.41, 5.74) is 1.42. The van der Waals surface area contributed by atoms with Crippen LogP contribution in [-0.2, 0) is 6.42 Å². The van der Waals surface area contributed by atoms with E-state index in [1.165, 1.54) is 18.2 Å². The molecule has 0 aliphatic heterocycles. The van der Waals surface area contributed by atoms with Crippen molar-refractivity contribution in [2.45, 2.75) is 6.42 Å². The number of aromatic nitrogens is 1. The second kappa shape index (κ2) is 5.62. The molecule has 0 aliphatic rings. The number of nitrogens with zero attached hydrogens (tertiary/aromatic N) is 1. The molecule has 21 heavy (non-hydrogen) atoms. The summed E-state index contributed by atoms with van der Waals surface area (Å²) in [5.74, 6) is -0.610. The van der Waals surface area contributed by atoms with Crippen LogP contribution in [0.5, 0.6) is 0 Å². The van der Waals surface area contributed by atoms with Gasteiger partial charge < -0.3 is 0 Å². The van der Waals surface area contributed by atoms with Crippen molar-refractivity contribution >= 4 is 28.3 Å². The third-order valence-electron chi connectivity index (χ3n) is 3.29. The molecule has 1 heterocycles. The van der Waals surface area contributed by atoms with Crippen molar-refractivity contribution < 1.29 is 9.18 Å². The van der Waals surface area contributed by atoms with Gasteiger partial charge >= 0.3 is 0 Å². The van der Waals surface area contributed by atoms with Gasteiger partial charge in [0.1, 0.15) is 5.82 Å². The molecule has 0 radical (unpaired) electrons. The van der Waals surface area contributed by atoms with Crippen molar-refractivity contribution in [3.05, 3.63) is 76.7 Å². The fourth-order valence-corrected chi connectivity index (χ4v) is 2.47. The van der Waals surface area contributed by atoms with E-state index in [1.54, 1.807) is 18.3 Å². The smallest absolute Gasteiger partial charge is 0.169 e. The molecule has 0 amide bonds. The van der Waals surface area contributed by atoms with E-state index in [0.717, 1.165) is 5.39 Å². The highest BCUT2D eigenvalue weighted by atomic mass is 35.5. The number of para-hydroxylation sites is 1. The lowest BCUT2D eigenvalue weighted by molar-refractivity contribution is 0.0993. The Kier molecular flexibility index (Phi) is 3.67. The third-order valence-corrected chi connectivity index (χ3v) is 3.53. The van der Waals surface area contributed by atoms with E-state index < -0.39 is 5.82 Å². The van der Waals surface area contributed by atoms with Gasteiger partial charge in [-0.1, -0.05) is 29.8 Å². The molecule has 0 fully saturated rings. The van der Waals surface area contributed by atoms with E-state index in [1.807, 2.05) is 18.2 Å². The molecule has 0 saturated heterocycles. The molecule has 0 aliphatic carbocycles. The monoisotopic (exact) mass is 299 g/mol. The maximum atomic E-state index is 13.7. The summed E-state index contributed by atoms with van der Waals surface area (Å²) in [5, 5.41) is 1.30. The van der Waals surface area contributed by atoms with Gasteiger partial charge in [0, 0.05) is 28.6 Å². The number of benzene rings is 2. The van der Waals surface area contributed by atoms with Crippen LogP contribution in [0.25, 0.3) is 10.9 Å². The first-order valence-electron chi connectivity index (χ1n) is 6.46. The normalized spacial score (nSPS) is 10.8. The van der Waals surface area contributed by atoms with Crippen molar-refractivity contribution in [3.8, 4) is 0 Å². The van der Waals surface area contributed by atoms with E-state index in [2.05, 4.69) is 4.98 Å². The second-order valence-corrected chi connectivity index (χ2v) is 5.15. The Labute approximate surface area is 126 Å². The average Bonchev–Trinajstić information content (AvgIpc) is 2.50. The maximum absolute atomic E-state index is 13.7. The summed E-state index contributed by atoms with van der Waals surface area (Å²) in [6.45, 7) is 0. The van der Waals surface area contributed by atoms with Gasteiger partial charge in [-0.2, -0.15) is 0 Å². The molecule has 2 nitrogen and oxygen atoms in total. The highest BCUT2D eigenvalue weighted by Gasteiger charge is 2.14. The number of rotatable bonds is 3. The Morgan fingerprint density at radius 3 is 2.81 bits per heavy atom. The SMILES string of the molecule is O=C(Cc1cc(Cl)ccc1F)c1cccc2cccnc12. The molecule has 0 N–H and O–H groups in total. The quantitative estimate of drug-likeness (QED) is 0.669. The van der Waals surface area contributed by atoms with Crippen LogP contribution < -0.4 is 0 Å². The van der Waals surface area contributed by atoms with Gasteiger partial charge in [-0.05, 0) is 35.9 Å². The third kappa shape index (κ3) is 2.78. The summed E-state index contributed by atoms with van der Waals surface area (Å²) in [7, 11) is 0. The van der Waals surface area contributed by atoms with Crippen molar-refractivity contribution in [2.75, 3.05) is 0 Å². The van der Waals surface area contributed by atoms with E-state index in [9.17, 15) is 9.18 Å². The van der Waals surface area contributed by atoms with Crippen molar-refractivity contribution in [2.24, 2.45) is 0 Å². The van der Waals surface area contributed by atoms with Crippen LogP contribution in [0.2, 0.25) is 5.02 Å². The zero-order chi connectivity index (χ0) is 14.8. The van der Waals surface area contributed by atoms with Crippen LogP contribution in [0.1, 0.15) is 15.9 Å². The van der Waals surface area contributed by atoms with Crippen molar-refractivity contribution in [1.29, 1.82) is 0 Å². The van der Waals surface area contributed by atoms with Gasteiger partial charge in [0.15, 0.2) is 5.78 Å². The topological polar surface area (TPSA) is 30.0 Å². The molecule has 3 rings (SSSR count). The molecule has 0 bridgehead atoms. The van der Waals surface area contributed by atoms with E-state index in [-0.39, 0.29) is 12.2 Å². The van der Waals surface area contributed by atoms with Gasteiger partial charge in [0.05, 0.1) is 5.52 Å². The molecule has 3 aromatic rings. The zero-order valence-electron chi connectivity index (χ0n) is 11.0. The maximum Gasteiger partial charge on any atom is 0.169 e. The number of ketones is 1. The number of Topliss-reactive ketones (excluding diaryl/α,β-unsaturated/α-hetero) is 1. The molecule has 0 spiro atoms. The highest BCUT2D eigenvalue weighted by molar-refractivity contribution is 6.30. The molecule has 0 unspecified atom stereocenters. The number of pyridine rings is 1. The minimum atomic E-state index is -0.430. The number of fused-ring (bicyclic) bond motifs is 1. The Balaban J connectivity index is 1.99.